The Morgan fingerprint density at radius 2 is 1.82 bits per heavy atom. The number of nitrogens with zero attached hydrogens (tertiary/aromatic N) is 1. The fraction of sp³-hybridized carbons (Fsp3) is 0.923. The molecule has 0 aliphatic rings. The molecule has 17 heavy (non-hydrogen) atoms. The summed E-state index contributed by atoms with van der Waals surface area (Å²) in [6.07, 6.45) is 2.06. The van der Waals surface area contributed by atoms with Gasteiger partial charge in [0, 0.05) is 19.7 Å². The van der Waals surface area contributed by atoms with Crippen molar-refractivity contribution < 1.29 is 14.3 Å². The molecule has 0 aromatic heterocycles. The van der Waals surface area contributed by atoms with Crippen molar-refractivity contribution in [1.29, 1.82) is 0 Å². The van der Waals surface area contributed by atoms with Gasteiger partial charge >= 0.3 is 5.97 Å². The Kier molecular flexibility index (Phi) is 9.09. The average Bonchev–Trinajstić information content (AvgIpc) is 2.34. The van der Waals surface area contributed by atoms with E-state index in [1.165, 1.54) is 0 Å². The highest BCUT2D eigenvalue weighted by Crippen LogP contribution is 2.13. The van der Waals surface area contributed by atoms with Crippen molar-refractivity contribution in [2.24, 2.45) is 0 Å². The van der Waals surface area contributed by atoms with E-state index in [9.17, 15) is 4.79 Å². The lowest BCUT2D eigenvalue weighted by molar-refractivity contribution is -0.150. The summed E-state index contributed by atoms with van der Waals surface area (Å²) in [5, 5.41) is 0. The fourth-order valence-corrected chi connectivity index (χ4v) is 2.05. The number of hydrogen-bond donors (Lipinski definition) is 0. The lowest BCUT2D eigenvalue weighted by Gasteiger charge is -2.34. The van der Waals surface area contributed by atoms with Gasteiger partial charge in [0.2, 0.25) is 0 Å². The monoisotopic (exact) mass is 245 g/mol. The highest BCUT2D eigenvalue weighted by Gasteiger charge is 2.26. The van der Waals surface area contributed by atoms with Crippen LogP contribution in [-0.2, 0) is 14.3 Å². The first-order valence-corrected chi connectivity index (χ1v) is 6.53. The maximum Gasteiger partial charge on any atom is 0.323 e. The molecule has 0 aliphatic heterocycles. The SMILES string of the molecule is CCOC(=O)C(C)N(CCOC)C(CC)CC. The highest BCUT2D eigenvalue weighted by molar-refractivity contribution is 5.75. The van der Waals surface area contributed by atoms with Crippen molar-refractivity contribution in [1.82, 2.24) is 4.90 Å². The first-order chi connectivity index (χ1) is 8.12. The summed E-state index contributed by atoms with van der Waals surface area (Å²) in [5.74, 6) is -0.143. The van der Waals surface area contributed by atoms with Crippen LogP contribution in [0.5, 0.6) is 0 Å². The Morgan fingerprint density at radius 3 is 2.24 bits per heavy atom. The van der Waals surface area contributed by atoms with Gasteiger partial charge in [-0.25, -0.2) is 0 Å². The minimum atomic E-state index is -0.199. The summed E-state index contributed by atoms with van der Waals surface area (Å²) in [4.78, 5) is 14.0. The molecule has 0 bridgehead atoms. The number of ether oxygens (including phenoxy) is 2. The summed E-state index contributed by atoms with van der Waals surface area (Å²) in [5.41, 5.74) is 0. The predicted molar refractivity (Wildman–Crippen MR) is 69.0 cm³/mol. The van der Waals surface area contributed by atoms with Crippen molar-refractivity contribution in [2.45, 2.75) is 52.6 Å². The quantitative estimate of drug-likeness (QED) is 0.583. The fourth-order valence-electron chi connectivity index (χ4n) is 2.05. The van der Waals surface area contributed by atoms with E-state index in [1.807, 2.05) is 13.8 Å². The summed E-state index contributed by atoms with van der Waals surface area (Å²) < 4.78 is 10.2. The van der Waals surface area contributed by atoms with E-state index in [0.29, 0.717) is 19.3 Å². The van der Waals surface area contributed by atoms with E-state index in [1.54, 1.807) is 7.11 Å². The number of rotatable bonds is 9. The van der Waals surface area contributed by atoms with Crippen LogP contribution in [0.15, 0.2) is 0 Å². The Labute approximate surface area is 105 Å². The van der Waals surface area contributed by atoms with Crippen molar-refractivity contribution in [2.75, 3.05) is 26.9 Å². The Morgan fingerprint density at radius 1 is 1.24 bits per heavy atom. The van der Waals surface area contributed by atoms with Gasteiger partial charge in [0.1, 0.15) is 6.04 Å². The third-order valence-electron chi connectivity index (χ3n) is 3.09. The van der Waals surface area contributed by atoms with Crippen molar-refractivity contribution in [3.05, 3.63) is 0 Å². The van der Waals surface area contributed by atoms with Crippen LogP contribution >= 0.6 is 0 Å². The first-order valence-electron chi connectivity index (χ1n) is 6.53. The van der Waals surface area contributed by atoms with Gasteiger partial charge < -0.3 is 9.47 Å². The topological polar surface area (TPSA) is 38.8 Å². The van der Waals surface area contributed by atoms with Crippen molar-refractivity contribution >= 4 is 5.97 Å². The van der Waals surface area contributed by atoms with E-state index >= 15 is 0 Å². The molecule has 0 aromatic rings. The zero-order chi connectivity index (χ0) is 13.3. The molecule has 4 heteroatoms. The molecule has 0 saturated heterocycles. The van der Waals surface area contributed by atoms with Gasteiger partial charge in [-0.3, -0.25) is 9.69 Å². The van der Waals surface area contributed by atoms with Gasteiger partial charge in [0.25, 0.3) is 0 Å². The third kappa shape index (κ3) is 5.50. The number of esters is 1. The first kappa shape index (κ1) is 16.4. The molecular weight excluding hydrogens is 218 g/mol. The predicted octanol–water partition coefficient (Wildman–Crippen LogP) is 2.07. The summed E-state index contributed by atoms with van der Waals surface area (Å²) in [6.45, 7) is 9.87. The standard InChI is InChI=1S/C13H27NO3/c1-6-12(7-2)14(9-10-16-5)11(4)13(15)17-8-3/h11-12H,6-10H2,1-5H3. The normalized spacial score (nSPS) is 13.1. The lowest BCUT2D eigenvalue weighted by Crippen LogP contribution is -2.47. The van der Waals surface area contributed by atoms with E-state index in [0.717, 1.165) is 19.4 Å². The van der Waals surface area contributed by atoms with Gasteiger partial charge in [-0.15, -0.1) is 0 Å². The third-order valence-corrected chi connectivity index (χ3v) is 3.09. The second kappa shape index (κ2) is 9.42. The zero-order valence-electron chi connectivity index (χ0n) is 11.9. The van der Waals surface area contributed by atoms with E-state index in [4.69, 9.17) is 9.47 Å². The van der Waals surface area contributed by atoms with Crippen LogP contribution in [0.3, 0.4) is 0 Å². The van der Waals surface area contributed by atoms with E-state index < -0.39 is 0 Å². The zero-order valence-corrected chi connectivity index (χ0v) is 11.9. The van der Waals surface area contributed by atoms with Crippen molar-refractivity contribution in [3.63, 3.8) is 0 Å². The molecule has 0 rings (SSSR count). The van der Waals surface area contributed by atoms with Crippen molar-refractivity contribution in [3.8, 4) is 0 Å². The highest BCUT2D eigenvalue weighted by atomic mass is 16.5. The molecule has 0 fully saturated rings. The van der Waals surface area contributed by atoms with Crippen LogP contribution in [0.2, 0.25) is 0 Å². The molecule has 0 N–H and O–H groups in total. The maximum atomic E-state index is 11.8. The smallest absolute Gasteiger partial charge is 0.323 e. The molecule has 102 valence electrons. The van der Waals surface area contributed by atoms with Gasteiger partial charge in [-0.05, 0) is 26.7 Å². The number of carbonyl (C=O) groups excluding carboxylic acids is 1. The molecule has 0 spiro atoms. The lowest BCUT2D eigenvalue weighted by atomic mass is 10.1. The molecule has 0 heterocycles. The molecule has 0 radical (unpaired) electrons. The van der Waals surface area contributed by atoms with E-state index in [-0.39, 0.29) is 12.0 Å². The molecule has 4 nitrogen and oxygen atoms in total. The second-order valence-electron chi connectivity index (χ2n) is 4.13. The molecule has 1 unspecified atom stereocenters. The van der Waals surface area contributed by atoms with Crippen LogP contribution in [0.4, 0.5) is 0 Å². The van der Waals surface area contributed by atoms with Gasteiger partial charge in [-0.2, -0.15) is 0 Å². The Bertz CT molecular complexity index is 205. The number of methoxy groups -OCH3 is 1. The second-order valence-corrected chi connectivity index (χ2v) is 4.13. The minimum absolute atomic E-state index is 0.143. The molecule has 0 amide bonds. The van der Waals surface area contributed by atoms with Crippen LogP contribution in [-0.4, -0.2) is 49.8 Å². The Hall–Kier alpha value is -0.610. The van der Waals surface area contributed by atoms with Gasteiger partial charge in [0.15, 0.2) is 0 Å². The summed E-state index contributed by atoms with van der Waals surface area (Å²) in [6, 6.07) is 0.208. The average molecular weight is 245 g/mol. The Balaban J connectivity index is 4.58. The number of carbonyl (C=O) groups is 1. The molecule has 0 aromatic carbocycles. The van der Waals surface area contributed by atoms with Gasteiger partial charge in [0.05, 0.1) is 13.2 Å². The molecular formula is C13H27NO3. The molecule has 0 aliphatic carbocycles. The summed E-state index contributed by atoms with van der Waals surface area (Å²) >= 11 is 0. The van der Waals surface area contributed by atoms with Crippen LogP contribution in [0.25, 0.3) is 0 Å². The van der Waals surface area contributed by atoms with E-state index in [2.05, 4.69) is 18.7 Å². The number of hydrogen-bond acceptors (Lipinski definition) is 4. The molecule has 1 atom stereocenters. The molecule has 0 saturated carbocycles. The van der Waals surface area contributed by atoms with Crippen LogP contribution < -0.4 is 0 Å². The maximum absolute atomic E-state index is 11.8. The summed E-state index contributed by atoms with van der Waals surface area (Å²) in [7, 11) is 1.68. The van der Waals surface area contributed by atoms with Gasteiger partial charge in [-0.1, -0.05) is 13.8 Å². The largest absolute Gasteiger partial charge is 0.465 e. The minimum Gasteiger partial charge on any atom is -0.465 e. The van der Waals surface area contributed by atoms with Crippen LogP contribution in [0, 0.1) is 0 Å². The van der Waals surface area contributed by atoms with Crippen LogP contribution in [0.1, 0.15) is 40.5 Å².